The average Bonchev–Trinajstić information content (AvgIpc) is 3.20. The number of carbonyl (C=O) groups excluding carboxylic acids is 2. The average molecular weight is 398 g/mol. The van der Waals surface area contributed by atoms with Gasteiger partial charge in [0.05, 0.1) is 18.1 Å². The number of hydrogen-bond donors (Lipinski definition) is 2. The van der Waals surface area contributed by atoms with Crippen molar-refractivity contribution in [2.24, 2.45) is 0 Å². The highest BCUT2D eigenvalue weighted by Crippen LogP contribution is 2.36. The Hall–Kier alpha value is -3.14. The van der Waals surface area contributed by atoms with Gasteiger partial charge in [-0.2, -0.15) is 0 Å². The van der Waals surface area contributed by atoms with Gasteiger partial charge in [0.2, 0.25) is 11.1 Å². The molecule has 0 atom stereocenters. The molecule has 1 aliphatic carbocycles. The first-order valence-corrected chi connectivity index (χ1v) is 9.79. The summed E-state index contributed by atoms with van der Waals surface area (Å²) in [5.74, 6) is 0.0442. The van der Waals surface area contributed by atoms with Crippen molar-refractivity contribution in [1.82, 2.24) is 25.5 Å². The molecule has 4 rings (SSSR count). The van der Waals surface area contributed by atoms with Crippen molar-refractivity contribution in [3.8, 4) is 0 Å². The fraction of sp³-hybridized carbons (Fsp3) is 0.278. The normalized spacial score (nSPS) is 13.3. The van der Waals surface area contributed by atoms with Gasteiger partial charge in [0, 0.05) is 12.2 Å². The molecule has 28 heavy (non-hydrogen) atoms. The van der Waals surface area contributed by atoms with E-state index in [1.165, 1.54) is 18.0 Å². The number of anilines is 1. The molecule has 2 aromatic heterocycles. The number of aromatic nitrogens is 4. The van der Waals surface area contributed by atoms with E-state index in [0.29, 0.717) is 23.4 Å². The van der Waals surface area contributed by atoms with E-state index in [-0.39, 0.29) is 23.3 Å². The first-order chi connectivity index (χ1) is 13.7. The molecule has 0 spiro atoms. The van der Waals surface area contributed by atoms with Gasteiger partial charge in [-0.3, -0.25) is 9.59 Å². The fourth-order valence-corrected chi connectivity index (χ4v) is 3.34. The van der Waals surface area contributed by atoms with Gasteiger partial charge in [-0.15, -0.1) is 5.10 Å². The van der Waals surface area contributed by atoms with Gasteiger partial charge in [-0.25, -0.2) is 4.68 Å². The molecule has 2 N–H and O–H groups in total. The number of amides is 2. The monoisotopic (exact) mass is 398 g/mol. The molecule has 2 heterocycles. The highest BCUT2D eigenvalue weighted by molar-refractivity contribution is 7.99. The van der Waals surface area contributed by atoms with Gasteiger partial charge in [0.1, 0.15) is 0 Å². The quantitative estimate of drug-likeness (QED) is 0.559. The van der Waals surface area contributed by atoms with Crippen LogP contribution < -0.4 is 10.6 Å². The molecule has 10 heteroatoms. The molecule has 1 aliphatic rings. The predicted octanol–water partition coefficient (Wildman–Crippen LogP) is 2.26. The lowest BCUT2D eigenvalue weighted by Gasteiger charge is -2.08. The summed E-state index contributed by atoms with van der Waals surface area (Å²) in [7, 11) is 0. The first kappa shape index (κ1) is 18.2. The van der Waals surface area contributed by atoms with Crippen LogP contribution in [0.4, 0.5) is 5.69 Å². The standard InChI is InChI=1S/C18H18N6O3S/c25-16(11-28-18-21-22-23-24(18)14-6-7-14)19-10-12-3-1-4-13(9-12)20-17(26)15-5-2-8-27-15/h1-5,8-9,14H,6-7,10-11H2,(H,19,25)(H,20,26). The highest BCUT2D eigenvalue weighted by atomic mass is 32.2. The van der Waals surface area contributed by atoms with Crippen molar-refractivity contribution in [2.75, 3.05) is 11.1 Å². The summed E-state index contributed by atoms with van der Waals surface area (Å²) in [6, 6.07) is 10.9. The molecule has 9 nitrogen and oxygen atoms in total. The predicted molar refractivity (Wildman–Crippen MR) is 102 cm³/mol. The van der Waals surface area contributed by atoms with Crippen molar-refractivity contribution >= 4 is 29.3 Å². The minimum atomic E-state index is -0.323. The van der Waals surface area contributed by atoms with Gasteiger partial charge in [0.15, 0.2) is 5.76 Å². The number of furan rings is 1. The van der Waals surface area contributed by atoms with Crippen molar-refractivity contribution in [3.05, 3.63) is 54.0 Å². The second-order valence-electron chi connectivity index (χ2n) is 6.33. The summed E-state index contributed by atoms with van der Waals surface area (Å²) in [5, 5.41) is 17.9. The molecule has 1 fully saturated rings. The number of rotatable bonds is 8. The lowest BCUT2D eigenvalue weighted by atomic mass is 10.2. The third-order valence-electron chi connectivity index (χ3n) is 4.11. The molecule has 3 aromatic rings. The van der Waals surface area contributed by atoms with E-state index in [0.717, 1.165) is 18.4 Å². The van der Waals surface area contributed by atoms with E-state index in [2.05, 4.69) is 26.2 Å². The Morgan fingerprint density at radius 2 is 2.14 bits per heavy atom. The SMILES string of the molecule is O=C(CSc1nnnn1C1CC1)NCc1cccc(NC(=O)c2ccco2)c1. The molecule has 144 valence electrons. The molecule has 1 aromatic carbocycles. The highest BCUT2D eigenvalue weighted by Gasteiger charge is 2.28. The lowest BCUT2D eigenvalue weighted by Crippen LogP contribution is -2.24. The number of benzene rings is 1. The molecule has 0 saturated heterocycles. The largest absolute Gasteiger partial charge is 0.459 e. The number of thioether (sulfide) groups is 1. The molecule has 0 unspecified atom stereocenters. The molecule has 2 amide bonds. The van der Waals surface area contributed by atoms with E-state index >= 15 is 0 Å². The Morgan fingerprint density at radius 1 is 1.25 bits per heavy atom. The van der Waals surface area contributed by atoms with Crippen molar-refractivity contribution in [1.29, 1.82) is 0 Å². The zero-order valence-corrected chi connectivity index (χ0v) is 15.7. The van der Waals surface area contributed by atoms with Gasteiger partial charge in [-0.1, -0.05) is 23.9 Å². The summed E-state index contributed by atoms with van der Waals surface area (Å²) in [5.41, 5.74) is 1.50. The van der Waals surface area contributed by atoms with Crippen LogP contribution in [0.2, 0.25) is 0 Å². The van der Waals surface area contributed by atoms with Gasteiger partial charge in [0.25, 0.3) is 5.91 Å². The van der Waals surface area contributed by atoms with Crippen LogP contribution in [0, 0.1) is 0 Å². The maximum atomic E-state index is 12.1. The van der Waals surface area contributed by atoms with Crippen LogP contribution in [-0.2, 0) is 11.3 Å². The Morgan fingerprint density at radius 3 is 2.93 bits per heavy atom. The van der Waals surface area contributed by atoms with E-state index in [9.17, 15) is 9.59 Å². The summed E-state index contributed by atoms with van der Waals surface area (Å²) in [6.45, 7) is 0.359. The summed E-state index contributed by atoms with van der Waals surface area (Å²) >= 11 is 1.32. The lowest BCUT2D eigenvalue weighted by molar-refractivity contribution is -0.118. The van der Waals surface area contributed by atoms with Crippen LogP contribution in [0.5, 0.6) is 0 Å². The van der Waals surface area contributed by atoms with Crippen LogP contribution in [0.3, 0.4) is 0 Å². The van der Waals surface area contributed by atoms with Crippen LogP contribution in [-0.4, -0.2) is 37.8 Å². The second-order valence-corrected chi connectivity index (χ2v) is 7.28. The third kappa shape index (κ3) is 4.58. The summed E-state index contributed by atoms with van der Waals surface area (Å²) < 4.78 is 6.85. The van der Waals surface area contributed by atoms with Gasteiger partial charge < -0.3 is 15.1 Å². The zero-order valence-electron chi connectivity index (χ0n) is 14.9. The summed E-state index contributed by atoms with van der Waals surface area (Å²) in [4.78, 5) is 24.2. The Balaban J connectivity index is 1.26. The zero-order chi connectivity index (χ0) is 19.3. The Labute approximate surface area is 164 Å². The Kier molecular flexibility index (Phi) is 5.38. The molecule has 0 bridgehead atoms. The molecule has 1 saturated carbocycles. The number of hydrogen-bond acceptors (Lipinski definition) is 7. The minimum absolute atomic E-state index is 0.111. The molecule has 0 radical (unpaired) electrons. The van der Waals surface area contributed by atoms with E-state index in [4.69, 9.17) is 4.42 Å². The van der Waals surface area contributed by atoms with Gasteiger partial charge in [-0.05, 0) is 53.1 Å². The van der Waals surface area contributed by atoms with Crippen molar-refractivity contribution < 1.29 is 14.0 Å². The number of carbonyl (C=O) groups is 2. The second kappa shape index (κ2) is 8.26. The summed E-state index contributed by atoms with van der Waals surface area (Å²) in [6.07, 6.45) is 3.61. The third-order valence-corrected chi connectivity index (χ3v) is 5.04. The molecular formula is C18H18N6O3S. The Bertz CT molecular complexity index is 967. The molecule has 0 aliphatic heterocycles. The molecular weight excluding hydrogens is 380 g/mol. The number of nitrogens with zero attached hydrogens (tertiary/aromatic N) is 4. The van der Waals surface area contributed by atoms with E-state index in [1.807, 2.05) is 18.2 Å². The maximum absolute atomic E-state index is 12.1. The smallest absolute Gasteiger partial charge is 0.291 e. The topological polar surface area (TPSA) is 115 Å². The number of nitrogens with one attached hydrogen (secondary N) is 2. The minimum Gasteiger partial charge on any atom is -0.459 e. The van der Waals surface area contributed by atoms with Crippen LogP contribution in [0.1, 0.15) is 35.0 Å². The van der Waals surface area contributed by atoms with Crippen molar-refractivity contribution in [3.63, 3.8) is 0 Å². The van der Waals surface area contributed by atoms with Crippen molar-refractivity contribution in [2.45, 2.75) is 30.6 Å². The fourth-order valence-electron chi connectivity index (χ4n) is 2.57. The number of tetrazole rings is 1. The first-order valence-electron chi connectivity index (χ1n) is 8.80. The maximum Gasteiger partial charge on any atom is 0.291 e. The van der Waals surface area contributed by atoms with Gasteiger partial charge >= 0.3 is 0 Å². The van der Waals surface area contributed by atoms with E-state index in [1.54, 1.807) is 22.9 Å². The van der Waals surface area contributed by atoms with Crippen LogP contribution in [0.15, 0.2) is 52.2 Å². The van der Waals surface area contributed by atoms with Crippen LogP contribution in [0.25, 0.3) is 0 Å². The van der Waals surface area contributed by atoms with E-state index < -0.39 is 0 Å². The van der Waals surface area contributed by atoms with Crippen LogP contribution >= 0.6 is 11.8 Å².